The summed E-state index contributed by atoms with van der Waals surface area (Å²) < 4.78 is 0. The van der Waals surface area contributed by atoms with Crippen molar-refractivity contribution in [3.63, 3.8) is 0 Å². The molecule has 0 aliphatic rings. The van der Waals surface area contributed by atoms with Crippen molar-refractivity contribution in [3.05, 3.63) is 0 Å². The van der Waals surface area contributed by atoms with Gasteiger partial charge >= 0.3 is 0 Å². The molecule has 0 bridgehead atoms. The van der Waals surface area contributed by atoms with Crippen molar-refractivity contribution in [1.29, 1.82) is 0 Å². The Morgan fingerprint density at radius 3 is 2.31 bits per heavy atom. The van der Waals surface area contributed by atoms with Crippen LogP contribution in [0.4, 0.5) is 0 Å². The van der Waals surface area contributed by atoms with Crippen LogP contribution in [0, 0.1) is 0 Å². The minimum absolute atomic E-state index is 0.0360. The molecule has 1 atom stereocenters. The van der Waals surface area contributed by atoms with Gasteiger partial charge in [-0.15, -0.1) is 0 Å². The summed E-state index contributed by atoms with van der Waals surface area (Å²) in [5, 5.41) is 2.68. The number of likely N-dealkylation sites (N-methyl/N-ethyl adjacent to an activating group) is 1. The Labute approximate surface area is 97.4 Å². The second kappa shape index (κ2) is 8.10. The number of hydrogen-bond acceptors (Lipinski definition) is 3. The zero-order valence-corrected chi connectivity index (χ0v) is 10.5. The van der Waals surface area contributed by atoms with E-state index in [0.717, 1.165) is 0 Å². The maximum atomic E-state index is 11.8. The Morgan fingerprint density at radius 2 is 1.88 bits per heavy atom. The number of hydrogen-bond donors (Lipinski definition) is 2. The number of nitrogens with one attached hydrogen (secondary N) is 1. The highest BCUT2D eigenvalue weighted by Crippen LogP contribution is 1.96. The molecule has 5 heteroatoms. The molecule has 0 aromatic heterocycles. The van der Waals surface area contributed by atoms with Gasteiger partial charge < -0.3 is 16.0 Å². The van der Waals surface area contributed by atoms with Crippen molar-refractivity contribution < 1.29 is 9.59 Å². The Hall–Kier alpha value is -1.10. The summed E-state index contributed by atoms with van der Waals surface area (Å²) in [5.41, 5.74) is 5.30. The van der Waals surface area contributed by atoms with Crippen molar-refractivity contribution >= 4 is 11.8 Å². The third-order valence-electron chi connectivity index (χ3n) is 2.43. The minimum atomic E-state index is -0.454. The average molecular weight is 229 g/mol. The lowest BCUT2D eigenvalue weighted by atomic mass is 10.2. The molecule has 0 saturated heterocycles. The lowest BCUT2D eigenvalue weighted by Crippen LogP contribution is -2.46. The molecule has 16 heavy (non-hydrogen) atoms. The van der Waals surface area contributed by atoms with Crippen LogP contribution in [-0.4, -0.2) is 42.4 Å². The van der Waals surface area contributed by atoms with E-state index >= 15 is 0 Å². The van der Waals surface area contributed by atoms with Crippen molar-refractivity contribution in [3.8, 4) is 0 Å². The van der Waals surface area contributed by atoms with E-state index in [4.69, 9.17) is 5.73 Å². The highest BCUT2D eigenvalue weighted by molar-refractivity contribution is 5.87. The monoisotopic (exact) mass is 229 g/mol. The minimum Gasteiger partial charge on any atom is -0.345 e. The molecule has 0 aromatic carbocycles. The third-order valence-corrected chi connectivity index (χ3v) is 2.43. The van der Waals surface area contributed by atoms with Gasteiger partial charge in [-0.1, -0.05) is 0 Å². The summed E-state index contributed by atoms with van der Waals surface area (Å²) >= 11 is 0. The van der Waals surface area contributed by atoms with Crippen molar-refractivity contribution in [2.24, 2.45) is 5.73 Å². The SMILES string of the molecule is CCN(CC)C(=O)C(C)NC(=O)CCCN. The van der Waals surface area contributed by atoms with Crippen LogP contribution in [0.15, 0.2) is 0 Å². The largest absolute Gasteiger partial charge is 0.345 e. The molecule has 1 unspecified atom stereocenters. The van der Waals surface area contributed by atoms with Gasteiger partial charge in [-0.05, 0) is 33.7 Å². The molecule has 0 radical (unpaired) electrons. The van der Waals surface area contributed by atoms with Crippen LogP contribution in [0.2, 0.25) is 0 Å². The smallest absolute Gasteiger partial charge is 0.244 e. The van der Waals surface area contributed by atoms with Gasteiger partial charge in [-0.2, -0.15) is 0 Å². The molecular formula is C11H23N3O2. The summed E-state index contributed by atoms with van der Waals surface area (Å²) in [6.45, 7) is 7.37. The quantitative estimate of drug-likeness (QED) is 0.650. The topological polar surface area (TPSA) is 75.4 Å². The molecule has 94 valence electrons. The summed E-state index contributed by atoms with van der Waals surface area (Å²) in [6, 6.07) is -0.454. The predicted octanol–water partition coefficient (Wildman–Crippen LogP) is 0.0984. The van der Waals surface area contributed by atoms with Gasteiger partial charge in [0.2, 0.25) is 11.8 Å². The Kier molecular flexibility index (Phi) is 7.54. The van der Waals surface area contributed by atoms with Crippen LogP contribution in [0.25, 0.3) is 0 Å². The maximum absolute atomic E-state index is 11.8. The number of carbonyl (C=O) groups excluding carboxylic acids is 2. The van der Waals surface area contributed by atoms with E-state index in [2.05, 4.69) is 5.32 Å². The molecular weight excluding hydrogens is 206 g/mol. The van der Waals surface area contributed by atoms with Crippen molar-refractivity contribution in [2.45, 2.75) is 39.7 Å². The third kappa shape index (κ3) is 5.11. The molecule has 0 spiro atoms. The van der Waals surface area contributed by atoms with Crippen molar-refractivity contribution in [2.75, 3.05) is 19.6 Å². The maximum Gasteiger partial charge on any atom is 0.244 e. The van der Waals surface area contributed by atoms with Gasteiger partial charge in [0.1, 0.15) is 6.04 Å². The molecule has 0 rings (SSSR count). The standard InChI is InChI=1S/C11H23N3O2/c1-4-14(5-2)11(16)9(3)13-10(15)7-6-8-12/h9H,4-8,12H2,1-3H3,(H,13,15). The van der Waals surface area contributed by atoms with Gasteiger partial charge in [-0.3, -0.25) is 9.59 Å². The second-order valence-electron chi connectivity index (χ2n) is 3.69. The lowest BCUT2D eigenvalue weighted by molar-refractivity contribution is -0.135. The van der Waals surface area contributed by atoms with Crippen LogP contribution in [0.1, 0.15) is 33.6 Å². The van der Waals surface area contributed by atoms with Gasteiger partial charge in [0.05, 0.1) is 0 Å². The normalized spacial score (nSPS) is 12.0. The molecule has 0 saturated carbocycles. The summed E-state index contributed by atoms with van der Waals surface area (Å²) in [5.74, 6) is -0.149. The van der Waals surface area contributed by atoms with Crippen LogP contribution in [0.3, 0.4) is 0 Å². The fraction of sp³-hybridized carbons (Fsp3) is 0.818. The molecule has 0 aromatic rings. The summed E-state index contributed by atoms with van der Waals surface area (Å²) in [7, 11) is 0. The fourth-order valence-corrected chi connectivity index (χ4v) is 1.45. The summed E-state index contributed by atoms with van der Waals surface area (Å²) in [6.07, 6.45) is 1.03. The number of carbonyl (C=O) groups is 2. The number of amides is 2. The van der Waals surface area contributed by atoms with Gasteiger partial charge in [0.15, 0.2) is 0 Å². The van der Waals surface area contributed by atoms with Crippen LogP contribution in [0.5, 0.6) is 0 Å². The first-order valence-corrected chi connectivity index (χ1v) is 5.85. The highest BCUT2D eigenvalue weighted by Gasteiger charge is 2.19. The lowest BCUT2D eigenvalue weighted by Gasteiger charge is -2.23. The van der Waals surface area contributed by atoms with Gasteiger partial charge in [-0.25, -0.2) is 0 Å². The van der Waals surface area contributed by atoms with Crippen LogP contribution < -0.4 is 11.1 Å². The van der Waals surface area contributed by atoms with Gasteiger partial charge in [0, 0.05) is 19.5 Å². The number of rotatable bonds is 7. The fourth-order valence-electron chi connectivity index (χ4n) is 1.45. The van der Waals surface area contributed by atoms with Crippen LogP contribution >= 0.6 is 0 Å². The van der Waals surface area contributed by atoms with Crippen molar-refractivity contribution in [1.82, 2.24) is 10.2 Å². The van der Waals surface area contributed by atoms with E-state index in [-0.39, 0.29) is 11.8 Å². The van der Waals surface area contributed by atoms with E-state index in [1.807, 2.05) is 13.8 Å². The second-order valence-corrected chi connectivity index (χ2v) is 3.69. The average Bonchev–Trinajstić information content (AvgIpc) is 2.27. The molecule has 0 aliphatic heterocycles. The predicted molar refractivity (Wildman–Crippen MR) is 63.8 cm³/mol. The molecule has 0 fully saturated rings. The van der Waals surface area contributed by atoms with Gasteiger partial charge in [0.25, 0.3) is 0 Å². The first-order chi connectivity index (χ1) is 7.56. The van der Waals surface area contributed by atoms with Crippen LogP contribution in [-0.2, 0) is 9.59 Å². The van der Waals surface area contributed by atoms with E-state index in [1.54, 1.807) is 11.8 Å². The first-order valence-electron chi connectivity index (χ1n) is 5.85. The molecule has 2 amide bonds. The number of nitrogens with two attached hydrogens (primary N) is 1. The Balaban J connectivity index is 4.08. The van der Waals surface area contributed by atoms with E-state index < -0.39 is 6.04 Å². The first kappa shape index (κ1) is 14.9. The summed E-state index contributed by atoms with van der Waals surface area (Å²) in [4.78, 5) is 24.9. The zero-order chi connectivity index (χ0) is 12.6. The Bertz CT molecular complexity index is 227. The van der Waals surface area contributed by atoms with E-state index in [9.17, 15) is 9.59 Å². The van der Waals surface area contributed by atoms with E-state index in [1.165, 1.54) is 0 Å². The molecule has 3 N–H and O–H groups in total. The molecule has 5 nitrogen and oxygen atoms in total. The zero-order valence-electron chi connectivity index (χ0n) is 10.5. The number of nitrogens with zero attached hydrogens (tertiary/aromatic N) is 1. The Morgan fingerprint density at radius 1 is 1.31 bits per heavy atom. The molecule has 0 aliphatic carbocycles. The molecule has 0 heterocycles. The van der Waals surface area contributed by atoms with E-state index in [0.29, 0.717) is 32.5 Å². The highest BCUT2D eigenvalue weighted by atomic mass is 16.2.